The number of anilines is 3. The highest BCUT2D eigenvalue weighted by Crippen LogP contribution is 2.22. The van der Waals surface area contributed by atoms with Crippen molar-refractivity contribution in [2.24, 2.45) is 0 Å². The number of para-hydroxylation sites is 1. The van der Waals surface area contributed by atoms with Gasteiger partial charge in [0.25, 0.3) is 0 Å². The first-order valence-electron chi connectivity index (χ1n) is 10.3. The van der Waals surface area contributed by atoms with Gasteiger partial charge >= 0.3 is 5.97 Å². The number of hydrogen-bond acceptors (Lipinski definition) is 5. The largest absolute Gasteiger partial charge is 0.464 e. The minimum absolute atomic E-state index is 0.259. The molecule has 2 amide bonds. The predicted octanol–water partition coefficient (Wildman–Crippen LogP) is 3.58. The van der Waals surface area contributed by atoms with Crippen molar-refractivity contribution < 1.29 is 19.1 Å². The first kappa shape index (κ1) is 21.1. The van der Waals surface area contributed by atoms with E-state index in [1.807, 2.05) is 48.5 Å². The van der Waals surface area contributed by atoms with Crippen molar-refractivity contribution in [2.75, 3.05) is 17.2 Å². The first-order chi connectivity index (χ1) is 15.6. The molecular weight excluding hydrogens is 406 g/mol. The Morgan fingerprint density at radius 1 is 0.781 bits per heavy atom. The van der Waals surface area contributed by atoms with Gasteiger partial charge in [0.1, 0.15) is 12.0 Å². The van der Waals surface area contributed by atoms with Crippen LogP contribution in [-0.2, 0) is 19.1 Å². The summed E-state index contributed by atoms with van der Waals surface area (Å²) in [6.45, 7) is 0.259. The number of cyclic esters (lactones) is 1. The molecule has 0 saturated carbocycles. The summed E-state index contributed by atoms with van der Waals surface area (Å²) in [5, 5.41) is 8.73. The predicted molar refractivity (Wildman–Crippen MR) is 121 cm³/mol. The second kappa shape index (κ2) is 9.78. The fourth-order valence-corrected chi connectivity index (χ4v) is 3.49. The molecule has 0 aromatic heterocycles. The highest BCUT2D eigenvalue weighted by Gasteiger charge is 2.34. The molecule has 0 aliphatic carbocycles. The van der Waals surface area contributed by atoms with E-state index in [9.17, 15) is 14.4 Å². The zero-order chi connectivity index (χ0) is 22.3. The number of esters is 1. The average molecular weight is 429 g/mol. The van der Waals surface area contributed by atoms with E-state index < -0.39 is 29.7 Å². The summed E-state index contributed by atoms with van der Waals surface area (Å²) < 4.78 is 4.90. The molecule has 0 bridgehead atoms. The van der Waals surface area contributed by atoms with Crippen LogP contribution in [0.15, 0.2) is 84.9 Å². The molecule has 0 spiro atoms. The van der Waals surface area contributed by atoms with Crippen molar-refractivity contribution in [3.8, 4) is 0 Å². The third-order valence-electron chi connectivity index (χ3n) is 5.12. The summed E-state index contributed by atoms with van der Waals surface area (Å²) in [5.41, 5.74) is 2.92. The van der Waals surface area contributed by atoms with Gasteiger partial charge in [-0.15, -0.1) is 0 Å². The number of nitrogens with one attached hydrogen (secondary N) is 3. The molecule has 32 heavy (non-hydrogen) atoms. The highest BCUT2D eigenvalue weighted by atomic mass is 16.5. The zero-order valence-electron chi connectivity index (χ0n) is 17.3. The van der Waals surface area contributed by atoms with Gasteiger partial charge in [0.05, 0.1) is 6.61 Å². The lowest BCUT2D eigenvalue weighted by atomic mass is 9.96. The number of hydrogen-bond donors (Lipinski definition) is 3. The van der Waals surface area contributed by atoms with Crippen molar-refractivity contribution in [1.82, 2.24) is 5.32 Å². The van der Waals surface area contributed by atoms with Crippen LogP contribution in [0.3, 0.4) is 0 Å². The Morgan fingerprint density at radius 3 is 2.00 bits per heavy atom. The van der Waals surface area contributed by atoms with Crippen molar-refractivity contribution in [3.63, 3.8) is 0 Å². The summed E-state index contributed by atoms with van der Waals surface area (Å²) in [4.78, 5) is 37.8. The van der Waals surface area contributed by atoms with Crippen molar-refractivity contribution >= 4 is 34.8 Å². The van der Waals surface area contributed by atoms with Gasteiger partial charge in [-0.1, -0.05) is 48.5 Å². The quantitative estimate of drug-likeness (QED) is 0.394. The molecule has 1 saturated heterocycles. The molecule has 1 heterocycles. The maximum Gasteiger partial charge on any atom is 0.328 e. The summed E-state index contributed by atoms with van der Waals surface area (Å²) in [7, 11) is 0. The van der Waals surface area contributed by atoms with Crippen LogP contribution in [-0.4, -0.2) is 30.4 Å². The number of benzene rings is 3. The van der Waals surface area contributed by atoms with Gasteiger partial charge < -0.3 is 20.7 Å². The second-order valence-electron chi connectivity index (χ2n) is 7.42. The Labute approximate surface area is 185 Å². The zero-order valence-corrected chi connectivity index (χ0v) is 17.3. The minimum atomic E-state index is -1.10. The van der Waals surface area contributed by atoms with E-state index >= 15 is 0 Å². The summed E-state index contributed by atoms with van der Waals surface area (Å²) in [5.74, 6) is -2.61. The van der Waals surface area contributed by atoms with Crippen LogP contribution in [0.25, 0.3) is 0 Å². The lowest BCUT2D eigenvalue weighted by Crippen LogP contribution is -2.43. The smallest absolute Gasteiger partial charge is 0.328 e. The summed E-state index contributed by atoms with van der Waals surface area (Å²) >= 11 is 0. The van der Waals surface area contributed by atoms with E-state index in [1.54, 1.807) is 36.4 Å². The molecule has 3 N–H and O–H groups in total. The molecule has 1 unspecified atom stereocenters. The fraction of sp³-hybridized carbons (Fsp3) is 0.160. The maximum atomic E-state index is 13.1. The molecule has 4 rings (SSSR count). The van der Waals surface area contributed by atoms with Crippen LogP contribution in [0.1, 0.15) is 17.9 Å². The monoisotopic (exact) mass is 429 g/mol. The molecule has 1 aliphatic heterocycles. The van der Waals surface area contributed by atoms with E-state index in [-0.39, 0.29) is 6.61 Å². The van der Waals surface area contributed by atoms with Gasteiger partial charge in [0.15, 0.2) is 0 Å². The summed E-state index contributed by atoms with van der Waals surface area (Å²) in [6, 6.07) is 25.0. The van der Waals surface area contributed by atoms with Gasteiger partial charge in [-0.05, 0) is 42.0 Å². The van der Waals surface area contributed by atoms with Crippen LogP contribution in [0.4, 0.5) is 17.1 Å². The number of amides is 2. The SMILES string of the molecule is O=C(Nc1ccc(Nc2ccccc2)cc1)C(C(=O)N[C@H]1CCOC1=O)c1ccccc1. The van der Waals surface area contributed by atoms with Crippen molar-refractivity contribution in [3.05, 3.63) is 90.5 Å². The van der Waals surface area contributed by atoms with Crippen LogP contribution in [0.5, 0.6) is 0 Å². The van der Waals surface area contributed by atoms with Gasteiger partial charge in [0, 0.05) is 23.5 Å². The Bertz CT molecular complexity index is 1090. The molecule has 7 heteroatoms. The molecule has 162 valence electrons. The van der Waals surface area contributed by atoms with Gasteiger partial charge in [-0.25, -0.2) is 4.79 Å². The molecule has 2 atom stereocenters. The van der Waals surface area contributed by atoms with Crippen molar-refractivity contribution in [1.29, 1.82) is 0 Å². The van der Waals surface area contributed by atoms with Crippen LogP contribution >= 0.6 is 0 Å². The maximum absolute atomic E-state index is 13.1. The van der Waals surface area contributed by atoms with E-state index in [1.165, 1.54) is 0 Å². The molecular formula is C25H23N3O4. The van der Waals surface area contributed by atoms with Gasteiger partial charge in [0.2, 0.25) is 11.8 Å². The van der Waals surface area contributed by atoms with Crippen LogP contribution in [0.2, 0.25) is 0 Å². The second-order valence-corrected chi connectivity index (χ2v) is 7.42. The van der Waals surface area contributed by atoms with E-state index in [0.717, 1.165) is 11.4 Å². The standard InChI is InChI=1S/C25H23N3O4/c29-23(27-20-13-11-19(12-14-20)26-18-9-5-2-6-10-18)22(17-7-3-1-4-8-17)24(30)28-21-15-16-32-25(21)31/h1-14,21-22,26H,15-16H2,(H,27,29)(H,28,30)/t21-,22?/m0/s1. The summed E-state index contributed by atoms with van der Waals surface area (Å²) in [6.07, 6.45) is 0.392. The molecule has 7 nitrogen and oxygen atoms in total. The highest BCUT2D eigenvalue weighted by molar-refractivity contribution is 6.11. The van der Waals surface area contributed by atoms with Crippen LogP contribution < -0.4 is 16.0 Å². The minimum Gasteiger partial charge on any atom is -0.464 e. The lowest BCUT2D eigenvalue weighted by molar-refractivity contribution is -0.142. The number of ether oxygens (including phenoxy) is 1. The molecule has 0 radical (unpaired) electrons. The van der Waals surface area contributed by atoms with E-state index in [0.29, 0.717) is 17.7 Å². The third kappa shape index (κ3) is 5.13. The molecule has 1 fully saturated rings. The first-order valence-corrected chi connectivity index (χ1v) is 10.3. The molecule has 1 aliphatic rings. The van der Waals surface area contributed by atoms with Gasteiger partial charge in [-0.3, -0.25) is 9.59 Å². The van der Waals surface area contributed by atoms with Crippen LogP contribution in [0, 0.1) is 0 Å². The van der Waals surface area contributed by atoms with Crippen molar-refractivity contribution in [2.45, 2.75) is 18.4 Å². The van der Waals surface area contributed by atoms with E-state index in [4.69, 9.17) is 4.74 Å². The number of carbonyl (C=O) groups excluding carboxylic acids is 3. The lowest BCUT2D eigenvalue weighted by Gasteiger charge is -2.19. The normalized spacial score (nSPS) is 16.0. The Balaban J connectivity index is 1.47. The fourth-order valence-electron chi connectivity index (χ4n) is 3.49. The molecule has 3 aromatic carbocycles. The number of carbonyl (C=O) groups is 3. The topological polar surface area (TPSA) is 96.5 Å². The number of rotatable bonds is 7. The third-order valence-corrected chi connectivity index (χ3v) is 5.12. The Hall–Kier alpha value is -4.13. The van der Waals surface area contributed by atoms with Gasteiger partial charge in [-0.2, -0.15) is 0 Å². The Kier molecular flexibility index (Phi) is 6.46. The van der Waals surface area contributed by atoms with E-state index in [2.05, 4.69) is 16.0 Å². The average Bonchev–Trinajstić information content (AvgIpc) is 3.21. The molecule has 3 aromatic rings. The Morgan fingerprint density at radius 2 is 1.38 bits per heavy atom.